The van der Waals surface area contributed by atoms with Crippen LogP contribution in [0.5, 0.6) is 0 Å². The van der Waals surface area contributed by atoms with Crippen molar-refractivity contribution in [3.05, 3.63) is 35.9 Å². The molecule has 1 aliphatic carbocycles. The van der Waals surface area contributed by atoms with Gasteiger partial charge in [-0.15, -0.1) is 0 Å². The maximum Gasteiger partial charge on any atom is 0.239 e. The first-order valence-corrected chi connectivity index (χ1v) is 7.30. The van der Waals surface area contributed by atoms with Crippen LogP contribution in [-0.2, 0) is 9.53 Å². The van der Waals surface area contributed by atoms with E-state index in [1.54, 1.807) is 7.11 Å². The fourth-order valence-corrected chi connectivity index (χ4v) is 2.56. The number of amides is 1. The van der Waals surface area contributed by atoms with Gasteiger partial charge < -0.3 is 15.8 Å². The third-order valence-corrected chi connectivity index (χ3v) is 4.00. The Morgan fingerprint density at radius 2 is 2.10 bits per heavy atom. The molecule has 1 aromatic rings. The number of nitrogens with two attached hydrogens (primary N) is 1. The van der Waals surface area contributed by atoms with Crippen molar-refractivity contribution < 1.29 is 9.53 Å². The van der Waals surface area contributed by atoms with Crippen LogP contribution in [0.4, 0.5) is 0 Å². The van der Waals surface area contributed by atoms with Gasteiger partial charge in [0.1, 0.15) is 6.04 Å². The van der Waals surface area contributed by atoms with E-state index in [2.05, 4.69) is 17.4 Å². The summed E-state index contributed by atoms with van der Waals surface area (Å²) in [6.07, 6.45) is 4.84. The van der Waals surface area contributed by atoms with E-state index in [0.717, 1.165) is 17.9 Å². The van der Waals surface area contributed by atoms with Gasteiger partial charge in [0, 0.05) is 7.11 Å². The van der Waals surface area contributed by atoms with Gasteiger partial charge in [-0.3, -0.25) is 4.79 Å². The molecular formula is C16H24N2O2. The molecule has 1 aromatic carbocycles. The molecule has 1 amide bonds. The molecule has 0 saturated heterocycles. The number of rotatable bonds is 7. The van der Waals surface area contributed by atoms with E-state index >= 15 is 0 Å². The summed E-state index contributed by atoms with van der Waals surface area (Å²) in [5, 5.41) is 3.07. The Kier molecular flexibility index (Phi) is 5.56. The highest BCUT2D eigenvalue weighted by atomic mass is 16.5. The molecular weight excluding hydrogens is 252 g/mol. The molecule has 110 valence electrons. The zero-order valence-corrected chi connectivity index (χ0v) is 12.0. The lowest BCUT2D eigenvalue weighted by atomic mass is 9.79. The standard InChI is InChI=1S/C16H24N2O2/c1-20-11-14(17)16(19)18-15(10-12-6-5-7-12)13-8-3-2-4-9-13/h2-4,8-9,12,14-15H,5-7,10-11,17H2,1H3,(H,18,19). The Balaban J connectivity index is 2.00. The number of ether oxygens (including phenoxy) is 1. The van der Waals surface area contributed by atoms with E-state index in [1.807, 2.05) is 18.2 Å². The highest BCUT2D eigenvalue weighted by Gasteiger charge is 2.25. The lowest BCUT2D eigenvalue weighted by molar-refractivity contribution is -0.124. The van der Waals surface area contributed by atoms with Gasteiger partial charge in [-0.25, -0.2) is 0 Å². The fraction of sp³-hybridized carbons (Fsp3) is 0.562. The summed E-state index contributed by atoms with van der Waals surface area (Å²) in [6, 6.07) is 9.57. The predicted molar refractivity (Wildman–Crippen MR) is 79.1 cm³/mol. The highest BCUT2D eigenvalue weighted by Crippen LogP contribution is 2.34. The highest BCUT2D eigenvalue weighted by molar-refractivity contribution is 5.82. The fourth-order valence-electron chi connectivity index (χ4n) is 2.56. The summed E-state index contributed by atoms with van der Waals surface area (Å²) in [4.78, 5) is 12.1. The van der Waals surface area contributed by atoms with Gasteiger partial charge >= 0.3 is 0 Å². The smallest absolute Gasteiger partial charge is 0.239 e. The molecule has 2 atom stereocenters. The van der Waals surface area contributed by atoms with Crippen molar-refractivity contribution >= 4 is 5.91 Å². The topological polar surface area (TPSA) is 64.3 Å². The average molecular weight is 276 g/mol. The van der Waals surface area contributed by atoms with E-state index < -0.39 is 6.04 Å². The largest absolute Gasteiger partial charge is 0.383 e. The maximum absolute atomic E-state index is 12.1. The minimum atomic E-state index is -0.604. The van der Waals surface area contributed by atoms with Crippen LogP contribution in [0.2, 0.25) is 0 Å². The van der Waals surface area contributed by atoms with Gasteiger partial charge in [-0.05, 0) is 17.9 Å². The Labute approximate surface area is 120 Å². The quantitative estimate of drug-likeness (QED) is 0.800. The normalized spacial score (nSPS) is 18.1. The van der Waals surface area contributed by atoms with Gasteiger partial charge in [-0.1, -0.05) is 49.6 Å². The van der Waals surface area contributed by atoms with Crippen molar-refractivity contribution in [2.45, 2.75) is 37.8 Å². The lowest BCUT2D eigenvalue weighted by Gasteiger charge is -2.31. The Morgan fingerprint density at radius 3 is 2.65 bits per heavy atom. The van der Waals surface area contributed by atoms with Gasteiger partial charge in [0.2, 0.25) is 5.91 Å². The summed E-state index contributed by atoms with van der Waals surface area (Å²) in [7, 11) is 1.55. The third kappa shape index (κ3) is 4.05. The summed E-state index contributed by atoms with van der Waals surface area (Å²) in [5.74, 6) is 0.583. The Hall–Kier alpha value is -1.39. The molecule has 0 radical (unpaired) electrons. The van der Waals surface area contributed by atoms with Crippen LogP contribution in [0.25, 0.3) is 0 Å². The second-order valence-electron chi connectivity index (χ2n) is 5.57. The summed E-state index contributed by atoms with van der Waals surface area (Å²) in [6.45, 7) is 0.247. The molecule has 1 fully saturated rings. The summed E-state index contributed by atoms with van der Waals surface area (Å²) in [5.41, 5.74) is 6.94. The van der Waals surface area contributed by atoms with Crippen LogP contribution < -0.4 is 11.1 Å². The monoisotopic (exact) mass is 276 g/mol. The minimum absolute atomic E-state index is 0.0527. The van der Waals surface area contributed by atoms with Gasteiger partial charge in [0.15, 0.2) is 0 Å². The van der Waals surface area contributed by atoms with E-state index in [0.29, 0.717) is 0 Å². The molecule has 2 rings (SSSR count). The number of carbonyl (C=O) groups excluding carboxylic acids is 1. The molecule has 0 aromatic heterocycles. The van der Waals surface area contributed by atoms with E-state index in [-0.39, 0.29) is 18.6 Å². The molecule has 2 unspecified atom stereocenters. The maximum atomic E-state index is 12.1. The molecule has 1 aliphatic rings. The number of hydrogen-bond acceptors (Lipinski definition) is 3. The zero-order chi connectivity index (χ0) is 14.4. The van der Waals surface area contributed by atoms with E-state index in [4.69, 9.17) is 10.5 Å². The Bertz CT molecular complexity index is 418. The van der Waals surface area contributed by atoms with E-state index in [1.165, 1.54) is 19.3 Å². The molecule has 0 bridgehead atoms. The third-order valence-electron chi connectivity index (χ3n) is 4.00. The second-order valence-corrected chi connectivity index (χ2v) is 5.57. The van der Waals surface area contributed by atoms with Crippen molar-refractivity contribution in [1.82, 2.24) is 5.32 Å². The Morgan fingerprint density at radius 1 is 1.40 bits per heavy atom. The first kappa shape index (κ1) is 15.0. The zero-order valence-electron chi connectivity index (χ0n) is 12.0. The van der Waals surface area contributed by atoms with Crippen LogP contribution in [-0.4, -0.2) is 25.7 Å². The first-order valence-electron chi connectivity index (χ1n) is 7.30. The predicted octanol–water partition coefficient (Wildman–Crippen LogP) is 2.01. The van der Waals surface area contributed by atoms with Crippen molar-refractivity contribution in [2.75, 3.05) is 13.7 Å². The molecule has 20 heavy (non-hydrogen) atoms. The van der Waals surface area contributed by atoms with Gasteiger partial charge in [0.05, 0.1) is 12.6 Å². The van der Waals surface area contributed by atoms with Crippen LogP contribution in [0.1, 0.15) is 37.3 Å². The van der Waals surface area contributed by atoms with Crippen molar-refractivity contribution in [3.8, 4) is 0 Å². The number of hydrogen-bond donors (Lipinski definition) is 2. The van der Waals surface area contributed by atoms with Gasteiger partial charge in [0.25, 0.3) is 0 Å². The van der Waals surface area contributed by atoms with Gasteiger partial charge in [-0.2, -0.15) is 0 Å². The molecule has 0 heterocycles. The molecule has 4 heteroatoms. The minimum Gasteiger partial charge on any atom is -0.383 e. The SMILES string of the molecule is COCC(N)C(=O)NC(CC1CCC1)c1ccccc1. The van der Waals surface area contributed by atoms with Crippen LogP contribution in [0.3, 0.4) is 0 Å². The number of benzene rings is 1. The number of nitrogens with one attached hydrogen (secondary N) is 1. The molecule has 0 spiro atoms. The summed E-state index contributed by atoms with van der Waals surface area (Å²) < 4.78 is 4.94. The lowest BCUT2D eigenvalue weighted by Crippen LogP contribution is -2.45. The van der Waals surface area contributed by atoms with Crippen LogP contribution in [0, 0.1) is 5.92 Å². The van der Waals surface area contributed by atoms with Crippen LogP contribution >= 0.6 is 0 Å². The number of methoxy groups -OCH3 is 1. The summed E-state index contributed by atoms with van der Waals surface area (Å²) >= 11 is 0. The molecule has 3 N–H and O–H groups in total. The van der Waals surface area contributed by atoms with Crippen molar-refractivity contribution in [1.29, 1.82) is 0 Å². The van der Waals surface area contributed by atoms with Crippen molar-refractivity contribution in [3.63, 3.8) is 0 Å². The molecule has 0 aliphatic heterocycles. The van der Waals surface area contributed by atoms with E-state index in [9.17, 15) is 4.79 Å². The number of carbonyl (C=O) groups is 1. The second kappa shape index (κ2) is 7.41. The van der Waals surface area contributed by atoms with Crippen LogP contribution in [0.15, 0.2) is 30.3 Å². The van der Waals surface area contributed by atoms with Crippen molar-refractivity contribution in [2.24, 2.45) is 11.7 Å². The average Bonchev–Trinajstić information content (AvgIpc) is 2.42. The molecule has 4 nitrogen and oxygen atoms in total. The molecule has 1 saturated carbocycles. The first-order chi connectivity index (χ1) is 9.70.